The molecule has 0 bridgehead atoms. The van der Waals surface area contributed by atoms with Gasteiger partial charge < -0.3 is 5.32 Å². The van der Waals surface area contributed by atoms with Crippen LogP contribution in [-0.4, -0.2) is 30.7 Å². The molecule has 0 saturated carbocycles. The molecule has 146 valence electrons. The van der Waals surface area contributed by atoms with E-state index in [4.69, 9.17) is 0 Å². The van der Waals surface area contributed by atoms with Crippen LogP contribution in [0.25, 0.3) is 0 Å². The molecule has 0 spiro atoms. The van der Waals surface area contributed by atoms with Crippen LogP contribution in [0.2, 0.25) is 0 Å². The van der Waals surface area contributed by atoms with Crippen LogP contribution in [-0.2, 0) is 0 Å². The zero-order valence-corrected chi connectivity index (χ0v) is 14.6. The van der Waals surface area contributed by atoms with Gasteiger partial charge in [-0.15, -0.1) is 0 Å². The first-order valence-corrected chi connectivity index (χ1v) is 8.87. The Morgan fingerprint density at radius 2 is 1.41 bits per heavy atom. The molecule has 1 saturated heterocycles. The average Bonchev–Trinajstić information content (AvgIpc) is 2.62. The number of halogens is 5. The highest BCUT2D eigenvalue weighted by atomic mass is 19.4. The number of hydrogen-bond donors (Lipinski definition) is 1. The number of piperidine rings is 1. The standard InChI is InChI=1S/C20H21F5N2/c21-16-3-1-14(2-4-16)19(26-18-7-5-17(22)6-8-18)15-9-11-27(12-10-15)13-20(23,24)25/h1-8,15,19,26H,9-13H2. The Morgan fingerprint density at radius 3 is 1.93 bits per heavy atom. The normalized spacial score (nSPS) is 17.7. The maximum absolute atomic E-state index is 13.3. The third-order valence-corrected chi connectivity index (χ3v) is 4.90. The second kappa shape index (κ2) is 8.25. The Kier molecular flexibility index (Phi) is 5.99. The van der Waals surface area contributed by atoms with Gasteiger partial charge in [0.15, 0.2) is 0 Å². The van der Waals surface area contributed by atoms with Crippen molar-refractivity contribution in [3.05, 3.63) is 65.7 Å². The van der Waals surface area contributed by atoms with Crippen LogP contribution in [0, 0.1) is 17.6 Å². The molecule has 0 aliphatic carbocycles. The van der Waals surface area contributed by atoms with Crippen LogP contribution in [0.1, 0.15) is 24.4 Å². The summed E-state index contributed by atoms with van der Waals surface area (Å²) >= 11 is 0. The quantitative estimate of drug-likeness (QED) is 0.695. The lowest BCUT2D eigenvalue weighted by molar-refractivity contribution is -0.148. The van der Waals surface area contributed by atoms with Gasteiger partial charge in [0.2, 0.25) is 0 Å². The molecule has 1 unspecified atom stereocenters. The number of alkyl halides is 3. The predicted octanol–water partition coefficient (Wildman–Crippen LogP) is 5.39. The van der Waals surface area contributed by atoms with E-state index in [2.05, 4.69) is 5.32 Å². The first-order chi connectivity index (χ1) is 12.8. The van der Waals surface area contributed by atoms with Crippen molar-refractivity contribution < 1.29 is 22.0 Å². The molecule has 1 fully saturated rings. The van der Waals surface area contributed by atoms with Crippen molar-refractivity contribution in [1.29, 1.82) is 0 Å². The molecule has 7 heteroatoms. The SMILES string of the molecule is Fc1ccc(NC(c2ccc(F)cc2)C2CCN(CC(F)(F)F)CC2)cc1. The molecular weight excluding hydrogens is 363 g/mol. The summed E-state index contributed by atoms with van der Waals surface area (Å²) < 4.78 is 64.3. The van der Waals surface area contributed by atoms with Crippen molar-refractivity contribution in [3.8, 4) is 0 Å². The molecule has 27 heavy (non-hydrogen) atoms. The maximum Gasteiger partial charge on any atom is 0.401 e. The number of nitrogens with zero attached hydrogens (tertiary/aromatic N) is 1. The van der Waals surface area contributed by atoms with Crippen LogP contribution < -0.4 is 5.32 Å². The van der Waals surface area contributed by atoms with Crippen molar-refractivity contribution in [1.82, 2.24) is 4.90 Å². The summed E-state index contributed by atoms with van der Waals surface area (Å²) in [7, 11) is 0. The summed E-state index contributed by atoms with van der Waals surface area (Å²) in [6.45, 7) is -0.188. The van der Waals surface area contributed by atoms with Crippen LogP contribution in [0.4, 0.5) is 27.6 Å². The number of rotatable bonds is 5. The van der Waals surface area contributed by atoms with Crippen molar-refractivity contribution in [2.24, 2.45) is 5.92 Å². The van der Waals surface area contributed by atoms with Crippen LogP contribution >= 0.6 is 0 Å². The van der Waals surface area contributed by atoms with E-state index in [-0.39, 0.29) is 23.6 Å². The molecule has 1 aliphatic heterocycles. The molecule has 0 amide bonds. The molecule has 3 rings (SSSR count). The van der Waals surface area contributed by atoms with Gasteiger partial charge >= 0.3 is 6.18 Å². The summed E-state index contributed by atoms with van der Waals surface area (Å²) in [6.07, 6.45) is -3.02. The van der Waals surface area contributed by atoms with E-state index in [0.29, 0.717) is 31.6 Å². The van der Waals surface area contributed by atoms with Crippen molar-refractivity contribution >= 4 is 5.69 Å². The van der Waals surface area contributed by atoms with Gasteiger partial charge in [0.1, 0.15) is 11.6 Å². The van der Waals surface area contributed by atoms with E-state index in [9.17, 15) is 22.0 Å². The van der Waals surface area contributed by atoms with Gasteiger partial charge in [-0.05, 0) is 73.8 Å². The highest BCUT2D eigenvalue weighted by Gasteiger charge is 2.34. The average molecular weight is 384 g/mol. The van der Waals surface area contributed by atoms with E-state index in [1.54, 1.807) is 24.3 Å². The third kappa shape index (κ3) is 5.66. The lowest BCUT2D eigenvalue weighted by atomic mass is 9.85. The third-order valence-electron chi connectivity index (χ3n) is 4.90. The minimum atomic E-state index is -4.20. The van der Waals surface area contributed by atoms with Crippen LogP contribution in [0.5, 0.6) is 0 Å². The number of likely N-dealkylation sites (tertiary alicyclic amines) is 1. The molecule has 0 radical (unpaired) electrons. The van der Waals surface area contributed by atoms with E-state index in [0.717, 1.165) is 5.56 Å². The second-order valence-electron chi connectivity index (χ2n) is 6.91. The van der Waals surface area contributed by atoms with Crippen molar-refractivity contribution in [2.45, 2.75) is 25.1 Å². The highest BCUT2D eigenvalue weighted by molar-refractivity contribution is 5.45. The molecule has 1 N–H and O–H groups in total. The molecular formula is C20H21F5N2. The van der Waals surface area contributed by atoms with E-state index < -0.39 is 12.7 Å². The lowest BCUT2D eigenvalue weighted by Crippen LogP contribution is -2.41. The van der Waals surface area contributed by atoms with Gasteiger partial charge in [0.25, 0.3) is 0 Å². The Bertz CT molecular complexity index is 720. The molecule has 1 heterocycles. The van der Waals surface area contributed by atoms with Crippen molar-refractivity contribution in [2.75, 3.05) is 25.0 Å². The number of nitrogens with one attached hydrogen (secondary N) is 1. The molecule has 2 aromatic carbocycles. The maximum atomic E-state index is 13.3. The number of benzene rings is 2. The fraction of sp³-hybridized carbons (Fsp3) is 0.400. The molecule has 1 atom stereocenters. The number of hydrogen-bond acceptors (Lipinski definition) is 2. The summed E-state index contributed by atoms with van der Waals surface area (Å²) in [5.41, 5.74) is 1.57. The predicted molar refractivity (Wildman–Crippen MR) is 94.4 cm³/mol. The van der Waals surface area contributed by atoms with E-state index >= 15 is 0 Å². The largest absolute Gasteiger partial charge is 0.401 e. The van der Waals surface area contributed by atoms with Crippen LogP contribution in [0.15, 0.2) is 48.5 Å². The smallest absolute Gasteiger partial charge is 0.378 e. The zero-order valence-electron chi connectivity index (χ0n) is 14.6. The van der Waals surface area contributed by atoms with Gasteiger partial charge in [0.05, 0.1) is 12.6 Å². The van der Waals surface area contributed by atoms with Crippen LogP contribution in [0.3, 0.4) is 0 Å². The topological polar surface area (TPSA) is 15.3 Å². The summed E-state index contributed by atoms with van der Waals surface area (Å²) in [4.78, 5) is 1.41. The van der Waals surface area contributed by atoms with Gasteiger partial charge in [0, 0.05) is 5.69 Å². The minimum absolute atomic E-state index is 0.0880. The minimum Gasteiger partial charge on any atom is -0.378 e. The van der Waals surface area contributed by atoms with Gasteiger partial charge in [-0.25, -0.2) is 8.78 Å². The summed E-state index contributed by atoms with van der Waals surface area (Å²) in [6, 6.07) is 11.8. The van der Waals surface area contributed by atoms with E-state index in [1.807, 2.05) is 0 Å². The number of anilines is 1. The fourth-order valence-electron chi connectivity index (χ4n) is 3.57. The molecule has 2 nitrogen and oxygen atoms in total. The first kappa shape index (κ1) is 19.6. The monoisotopic (exact) mass is 384 g/mol. The van der Waals surface area contributed by atoms with Gasteiger partial charge in [-0.1, -0.05) is 12.1 Å². The fourth-order valence-corrected chi connectivity index (χ4v) is 3.57. The van der Waals surface area contributed by atoms with Gasteiger partial charge in [-0.3, -0.25) is 4.90 Å². The van der Waals surface area contributed by atoms with Crippen molar-refractivity contribution in [3.63, 3.8) is 0 Å². The Morgan fingerprint density at radius 1 is 0.889 bits per heavy atom. The molecule has 1 aliphatic rings. The Balaban J connectivity index is 1.74. The highest BCUT2D eigenvalue weighted by Crippen LogP contribution is 2.34. The summed E-state index contributed by atoms with van der Waals surface area (Å²) in [5.74, 6) is -0.608. The zero-order chi connectivity index (χ0) is 19.4. The van der Waals surface area contributed by atoms with Gasteiger partial charge in [-0.2, -0.15) is 13.2 Å². The molecule has 0 aromatic heterocycles. The Labute approximate surface area is 155 Å². The Hall–Kier alpha value is -2.15. The molecule has 2 aromatic rings. The van der Waals surface area contributed by atoms with E-state index in [1.165, 1.54) is 29.2 Å². The summed E-state index contributed by atoms with van der Waals surface area (Å²) in [5, 5.41) is 3.34. The lowest BCUT2D eigenvalue weighted by Gasteiger charge is -2.37. The first-order valence-electron chi connectivity index (χ1n) is 8.87. The second-order valence-corrected chi connectivity index (χ2v) is 6.91.